The summed E-state index contributed by atoms with van der Waals surface area (Å²) >= 11 is 0. The van der Waals surface area contributed by atoms with Crippen LogP contribution in [-0.2, 0) is 23.8 Å². The minimum Gasteiger partial charge on any atom is -0.469 e. The van der Waals surface area contributed by atoms with Gasteiger partial charge in [0.2, 0.25) is 0 Å². The van der Waals surface area contributed by atoms with Crippen LogP contribution < -0.4 is 0 Å². The highest BCUT2D eigenvalue weighted by atomic mass is 16.6. The number of rotatable bonds is 5. The molecule has 4 heterocycles. The van der Waals surface area contributed by atoms with Crippen molar-refractivity contribution in [2.45, 2.75) is 96.1 Å². The zero-order valence-electron chi connectivity index (χ0n) is 18.4. The lowest BCUT2D eigenvalue weighted by Gasteiger charge is -2.41. The van der Waals surface area contributed by atoms with Crippen molar-refractivity contribution in [2.24, 2.45) is 23.7 Å². The zero-order valence-corrected chi connectivity index (χ0v) is 18.4. The molecule has 0 N–H and O–H groups in total. The Labute approximate surface area is 174 Å². The van der Waals surface area contributed by atoms with E-state index in [1.54, 1.807) is 0 Å². The number of nitrogens with zero attached hydrogens (tertiary/aromatic N) is 1. The van der Waals surface area contributed by atoms with E-state index in [-0.39, 0.29) is 47.7 Å². The van der Waals surface area contributed by atoms with Crippen LogP contribution in [0.4, 0.5) is 0 Å². The Hall–Kier alpha value is -1.14. The van der Waals surface area contributed by atoms with Gasteiger partial charge in [0.05, 0.1) is 25.0 Å². The topological polar surface area (TPSA) is 65.1 Å². The van der Waals surface area contributed by atoms with Crippen LogP contribution in [0.1, 0.15) is 72.1 Å². The molecule has 0 aromatic heterocycles. The second-order valence-corrected chi connectivity index (χ2v) is 9.75. The predicted octanol–water partition coefficient (Wildman–Crippen LogP) is 3.52. The van der Waals surface area contributed by atoms with E-state index in [0.717, 1.165) is 38.6 Å². The molecule has 4 aliphatic rings. The minimum absolute atomic E-state index is 0.000802. The van der Waals surface area contributed by atoms with Gasteiger partial charge in [-0.3, -0.25) is 14.5 Å². The van der Waals surface area contributed by atoms with Crippen molar-refractivity contribution < 1.29 is 23.8 Å². The van der Waals surface area contributed by atoms with E-state index in [1.807, 2.05) is 13.8 Å². The fraction of sp³-hybridized carbons (Fsp3) is 0.913. The predicted molar refractivity (Wildman–Crippen MR) is 108 cm³/mol. The van der Waals surface area contributed by atoms with Gasteiger partial charge in [-0.15, -0.1) is 0 Å². The lowest BCUT2D eigenvalue weighted by molar-refractivity contribution is -0.169. The highest BCUT2D eigenvalue weighted by Crippen LogP contribution is 2.56. The molecule has 8 atom stereocenters. The first-order valence-electron chi connectivity index (χ1n) is 11.6. The van der Waals surface area contributed by atoms with Gasteiger partial charge in [-0.2, -0.15) is 0 Å². The van der Waals surface area contributed by atoms with Crippen molar-refractivity contribution in [1.29, 1.82) is 0 Å². The summed E-state index contributed by atoms with van der Waals surface area (Å²) in [4.78, 5) is 26.7. The lowest BCUT2D eigenvalue weighted by Crippen LogP contribution is -2.53. The molecular weight excluding hydrogens is 370 g/mol. The van der Waals surface area contributed by atoms with E-state index >= 15 is 0 Å². The highest BCUT2D eigenvalue weighted by Gasteiger charge is 2.62. The number of carbonyl (C=O) groups excluding carboxylic acids is 2. The molecule has 0 aliphatic carbocycles. The molecule has 0 saturated carbocycles. The Morgan fingerprint density at radius 1 is 1.34 bits per heavy atom. The van der Waals surface area contributed by atoms with Crippen molar-refractivity contribution in [2.75, 3.05) is 13.7 Å². The van der Waals surface area contributed by atoms with E-state index < -0.39 is 0 Å². The summed E-state index contributed by atoms with van der Waals surface area (Å²) in [6, 6.07) is 0.263. The molecule has 0 unspecified atom stereocenters. The van der Waals surface area contributed by atoms with Gasteiger partial charge >= 0.3 is 11.9 Å². The number of hydrogen-bond acceptors (Lipinski definition) is 6. The summed E-state index contributed by atoms with van der Waals surface area (Å²) in [5, 5.41) is 0. The molecule has 4 saturated heterocycles. The minimum atomic E-state index is -0.249. The van der Waals surface area contributed by atoms with Crippen LogP contribution in [0.5, 0.6) is 0 Å². The number of carbonyl (C=O) groups is 2. The summed E-state index contributed by atoms with van der Waals surface area (Å²) in [6.07, 6.45) is 8.30. The Balaban J connectivity index is 1.58. The van der Waals surface area contributed by atoms with Crippen LogP contribution >= 0.6 is 0 Å². The molecule has 164 valence electrons. The highest BCUT2D eigenvalue weighted by molar-refractivity contribution is 5.74. The van der Waals surface area contributed by atoms with Crippen molar-refractivity contribution >= 4 is 11.9 Å². The summed E-state index contributed by atoms with van der Waals surface area (Å²) in [5.74, 6) is 0.601. The van der Waals surface area contributed by atoms with E-state index in [2.05, 4.69) is 11.8 Å². The normalized spacial score (nSPS) is 43.4. The number of ether oxygens (including phenoxy) is 3. The number of hydrogen-bond donors (Lipinski definition) is 0. The zero-order chi connectivity index (χ0) is 20.8. The largest absolute Gasteiger partial charge is 0.469 e. The van der Waals surface area contributed by atoms with Gasteiger partial charge in [-0.05, 0) is 44.4 Å². The van der Waals surface area contributed by atoms with Crippen molar-refractivity contribution in [3.05, 3.63) is 0 Å². The Morgan fingerprint density at radius 3 is 2.79 bits per heavy atom. The maximum atomic E-state index is 12.0. The van der Waals surface area contributed by atoms with Crippen LogP contribution in [0.15, 0.2) is 0 Å². The van der Waals surface area contributed by atoms with Gasteiger partial charge in [0.15, 0.2) is 0 Å². The molecule has 4 rings (SSSR count). The molecule has 0 aromatic rings. The summed E-state index contributed by atoms with van der Waals surface area (Å²) in [5.41, 5.74) is -0.249. The molecule has 6 heteroatoms. The third kappa shape index (κ3) is 3.50. The average Bonchev–Trinajstić information content (AvgIpc) is 3.29. The molecule has 4 aliphatic heterocycles. The van der Waals surface area contributed by atoms with E-state index in [9.17, 15) is 9.59 Å². The third-order valence-corrected chi connectivity index (χ3v) is 8.12. The third-order valence-electron chi connectivity index (χ3n) is 8.12. The molecule has 6 nitrogen and oxygen atoms in total. The SMILES string of the molecule is CC[C@H]1[C@H](C[C@H](C)C(=O)OC)O[C@]23CC[C@@H]([C@@H]4C[C@H](C)C(=O)O4)N2CCCC[C@H]13. The summed E-state index contributed by atoms with van der Waals surface area (Å²) in [6.45, 7) is 7.19. The second-order valence-electron chi connectivity index (χ2n) is 9.75. The first-order valence-corrected chi connectivity index (χ1v) is 11.6. The van der Waals surface area contributed by atoms with Crippen molar-refractivity contribution in [3.63, 3.8) is 0 Å². The Morgan fingerprint density at radius 2 is 2.14 bits per heavy atom. The van der Waals surface area contributed by atoms with Gasteiger partial charge in [0.1, 0.15) is 11.8 Å². The maximum absolute atomic E-state index is 12.0. The van der Waals surface area contributed by atoms with Crippen molar-refractivity contribution in [3.8, 4) is 0 Å². The lowest BCUT2D eigenvalue weighted by atomic mass is 9.77. The van der Waals surface area contributed by atoms with E-state index in [0.29, 0.717) is 11.8 Å². The molecule has 0 bridgehead atoms. The quantitative estimate of drug-likeness (QED) is 0.650. The molecule has 0 radical (unpaired) electrons. The molecule has 4 fully saturated rings. The summed E-state index contributed by atoms with van der Waals surface area (Å²) in [7, 11) is 1.46. The fourth-order valence-electron chi connectivity index (χ4n) is 6.73. The first kappa shape index (κ1) is 21.1. The molecular formula is C23H37NO5. The average molecular weight is 408 g/mol. The maximum Gasteiger partial charge on any atom is 0.309 e. The monoisotopic (exact) mass is 407 g/mol. The molecule has 0 aromatic carbocycles. The van der Waals surface area contributed by atoms with Gasteiger partial charge in [-0.25, -0.2) is 0 Å². The standard InChI is InChI=1S/C23H37NO5/c1-5-16-17-8-6-7-11-24-18(20-13-15(3)22(26)28-20)9-10-23(17,24)29-19(16)12-14(2)21(25)27-4/h14-20H,5-13H2,1-4H3/t14-,15-,16+,17+,18-,19-,20-,23-/m0/s1. The van der Waals surface area contributed by atoms with Crippen LogP contribution in [-0.4, -0.2) is 54.5 Å². The fourth-order valence-corrected chi connectivity index (χ4v) is 6.73. The van der Waals surface area contributed by atoms with Gasteiger partial charge < -0.3 is 14.2 Å². The Kier molecular flexibility index (Phi) is 5.95. The van der Waals surface area contributed by atoms with Crippen LogP contribution in [0.2, 0.25) is 0 Å². The number of esters is 2. The number of methoxy groups -OCH3 is 1. The van der Waals surface area contributed by atoms with Crippen LogP contribution in [0.3, 0.4) is 0 Å². The van der Waals surface area contributed by atoms with E-state index in [4.69, 9.17) is 14.2 Å². The van der Waals surface area contributed by atoms with Gasteiger partial charge in [0, 0.05) is 18.5 Å². The van der Waals surface area contributed by atoms with Gasteiger partial charge in [-0.1, -0.05) is 33.6 Å². The van der Waals surface area contributed by atoms with Crippen LogP contribution in [0.25, 0.3) is 0 Å². The van der Waals surface area contributed by atoms with Crippen LogP contribution in [0, 0.1) is 23.7 Å². The summed E-state index contributed by atoms with van der Waals surface area (Å²) < 4.78 is 17.7. The van der Waals surface area contributed by atoms with Crippen molar-refractivity contribution in [1.82, 2.24) is 4.90 Å². The molecule has 0 amide bonds. The second kappa shape index (κ2) is 8.18. The smallest absolute Gasteiger partial charge is 0.309 e. The molecule has 29 heavy (non-hydrogen) atoms. The Bertz CT molecular complexity index is 639. The van der Waals surface area contributed by atoms with E-state index in [1.165, 1.54) is 26.4 Å². The molecule has 1 spiro atoms. The number of cyclic esters (lactones) is 1. The van der Waals surface area contributed by atoms with Gasteiger partial charge in [0.25, 0.3) is 0 Å². The first-order chi connectivity index (χ1) is 13.9.